The number of nitro benzene ring substituents is 1. The Morgan fingerprint density at radius 1 is 1.30 bits per heavy atom. The Morgan fingerprint density at radius 3 is 2.75 bits per heavy atom. The zero-order valence-corrected chi connectivity index (χ0v) is 11.7. The van der Waals surface area contributed by atoms with Crippen molar-refractivity contribution in [3.05, 3.63) is 51.8 Å². The predicted octanol–water partition coefficient (Wildman–Crippen LogP) is 3.66. The molecule has 20 heavy (non-hydrogen) atoms. The van der Waals surface area contributed by atoms with Gasteiger partial charge in [0.1, 0.15) is 11.5 Å². The molecular weight excluding hydrogens is 256 g/mol. The number of benzene rings is 1. The van der Waals surface area contributed by atoms with Crippen molar-refractivity contribution in [2.75, 3.05) is 6.54 Å². The summed E-state index contributed by atoms with van der Waals surface area (Å²) in [4.78, 5) is 10.4. The van der Waals surface area contributed by atoms with Gasteiger partial charge in [0.05, 0.1) is 11.5 Å². The van der Waals surface area contributed by atoms with E-state index in [1.165, 1.54) is 6.07 Å². The van der Waals surface area contributed by atoms with E-state index >= 15 is 0 Å². The number of aryl methyl sites for hydroxylation is 1. The first-order chi connectivity index (χ1) is 9.61. The summed E-state index contributed by atoms with van der Waals surface area (Å²) >= 11 is 0. The van der Waals surface area contributed by atoms with Crippen LogP contribution in [0, 0.1) is 17.0 Å². The van der Waals surface area contributed by atoms with E-state index in [1.807, 2.05) is 12.1 Å². The van der Waals surface area contributed by atoms with Gasteiger partial charge in [-0.1, -0.05) is 6.92 Å². The van der Waals surface area contributed by atoms with Crippen LogP contribution in [-0.2, 0) is 6.54 Å². The summed E-state index contributed by atoms with van der Waals surface area (Å²) in [6.07, 6.45) is 1.08. The molecule has 0 saturated heterocycles. The van der Waals surface area contributed by atoms with Gasteiger partial charge in [-0.25, -0.2) is 0 Å². The van der Waals surface area contributed by atoms with Gasteiger partial charge in [0.25, 0.3) is 5.69 Å². The van der Waals surface area contributed by atoms with Crippen LogP contribution in [0.2, 0.25) is 0 Å². The van der Waals surface area contributed by atoms with Crippen LogP contribution < -0.4 is 5.32 Å². The van der Waals surface area contributed by atoms with E-state index in [-0.39, 0.29) is 10.6 Å². The zero-order valence-electron chi connectivity index (χ0n) is 11.7. The quantitative estimate of drug-likeness (QED) is 0.496. The highest BCUT2D eigenvalue weighted by atomic mass is 16.6. The maximum absolute atomic E-state index is 10.8. The fourth-order valence-corrected chi connectivity index (χ4v) is 2.03. The van der Waals surface area contributed by atoms with Crippen molar-refractivity contribution in [1.29, 1.82) is 0 Å². The Kier molecular flexibility index (Phi) is 4.53. The minimum absolute atomic E-state index is 0.130. The molecule has 1 heterocycles. The smallest absolute Gasteiger partial charge is 0.272 e. The van der Waals surface area contributed by atoms with Crippen molar-refractivity contribution in [2.24, 2.45) is 0 Å². The summed E-state index contributed by atoms with van der Waals surface area (Å²) in [5.74, 6) is 1.60. The van der Waals surface area contributed by atoms with Gasteiger partial charge in [-0.05, 0) is 44.2 Å². The van der Waals surface area contributed by atoms with Gasteiger partial charge < -0.3 is 9.73 Å². The second-order valence-corrected chi connectivity index (χ2v) is 4.70. The second-order valence-electron chi connectivity index (χ2n) is 4.70. The molecule has 1 N–H and O–H groups in total. The lowest BCUT2D eigenvalue weighted by Crippen LogP contribution is -2.12. The lowest BCUT2D eigenvalue weighted by molar-refractivity contribution is -0.385. The maximum Gasteiger partial charge on any atom is 0.272 e. The Hall–Kier alpha value is -2.14. The van der Waals surface area contributed by atoms with E-state index < -0.39 is 0 Å². The van der Waals surface area contributed by atoms with Gasteiger partial charge in [0.15, 0.2) is 0 Å². The second kappa shape index (κ2) is 6.34. The first-order valence-electron chi connectivity index (χ1n) is 6.66. The minimum atomic E-state index is -0.374. The number of nitro groups is 1. The molecule has 0 aliphatic rings. The maximum atomic E-state index is 10.8. The highest BCUT2D eigenvalue weighted by Crippen LogP contribution is 2.27. The van der Waals surface area contributed by atoms with E-state index in [1.54, 1.807) is 19.1 Å². The average molecular weight is 274 g/mol. The summed E-state index contributed by atoms with van der Waals surface area (Å²) < 4.78 is 5.74. The molecule has 5 heteroatoms. The number of furan rings is 1. The molecule has 0 unspecified atom stereocenters. The number of nitrogens with zero attached hydrogens (tertiary/aromatic N) is 1. The summed E-state index contributed by atoms with van der Waals surface area (Å²) in [6.45, 7) is 5.49. The molecule has 2 rings (SSSR count). The zero-order chi connectivity index (χ0) is 14.5. The molecule has 0 fully saturated rings. The van der Waals surface area contributed by atoms with Gasteiger partial charge in [0.2, 0.25) is 0 Å². The van der Waals surface area contributed by atoms with Crippen LogP contribution in [0.25, 0.3) is 11.3 Å². The molecule has 0 saturated carbocycles. The monoisotopic (exact) mass is 274 g/mol. The fourth-order valence-electron chi connectivity index (χ4n) is 2.03. The van der Waals surface area contributed by atoms with Crippen LogP contribution in [0.1, 0.15) is 24.7 Å². The number of hydrogen-bond donors (Lipinski definition) is 1. The molecule has 0 atom stereocenters. The highest BCUT2D eigenvalue weighted by Gasteiger charge is 2.12. The molecule has 0 radical (unpaired) electrons. The average Bonchev–Trinajstić information content (AvgIpc) is 2.87. The fraction of sp³-hybridized carbons (Fsp3) is 0.333. The Bertz CT molecular complexity index is 605. The summed E-state index contributed by atoms with van der Waals surface area (Å²) in [7, 11) is 0. The van der Waals surface area contributed by atoms with Crippen LogP contribution in [0.3, 0.4) is 0 Å². The third kappa shape index (κ3) is 3.24. The molecule has 0 bridgehead atoms. The van der Waals surface area contributed by atoms with E-state index in [0.29, 0.717) is 12.1 Å². The standard InChI is InChI=1S/C15H18N2O3/c1-3-8-16-10-13-5-7-15(20-13)12-4-6-14(17(18)19)11(2)9-12/h4-7,9,16H,3,8,10H2,1-2H3. The van der Waals surface area contributed by atoms with Crippen molar-refractivity contribution >= 4 is 5.69 Å². The van der Waals surface area contributed by atoms with Crippen LogP contribution in [0.4, 0.5) is 5.69 Å². The van der Waals surface area contributed by atoms with Crippen molar-refractivity contribution in [1.82, 2.24) is 5.32 Å². The third-order valence-electron chi connectivity index (χ3n) is 3.07. The van der Waals surface area contributed by atoms with Crippen molar-refractivity contribution < 1.29 is 9.34 Å². The molecule has 0 amide bonds. The Balaban J connectivity index is 2.15. The van der Waals surface area contributed by atoms with Crippen molar-refractivity contribution in [3.63, 3.8) is 0 Å². The van der Waals surface area contributed by atoms with E-state index in [2.05, 4.69) is 12.2 Å². The normalized spacial score (nSPS) is 10.7. The molecular formula is C15H18N2O3. The van der Waals surface area contributed by atoms with Gasteiger partial charge in [-0.3, -0.25) is 10.1 Å². The lowest BCUT2D eigenvalue weighted by atomic mass is 10.1. The molecule has 0 spiro atoms. The predicted molar refractivity (Wildman–Crippen MR) is 77.5 cm³/mol. The van der Waals surface area contributed by atoms with Gasteiger partial charge in [-0.15, -0.1) is 0 Å². The lowest BCUT2D eigenvalue weighted by Gasteiger charge is -2.02. The molecule has 0 aliphatic heterocycles. The van der Waals surface area contributed by atoms with E-state index in [9.17, 15) is 10.1 Å². The van der Waals surface area contributed by atoms with Crippen LogP contribution in [0.5, 0.6) is 0 Å². The number of hydrogen-bond acceptors (Lipinski definition) is 4. The van der Waals surface area contributed by atoms with Gasteiger partial charge in [0, 0.05) is 17.2 Å². The van der Waals surface area contributed by atoms with E-state index in [0.717, 1.165) is 30.0 Å². The molecule has 1 aromatic heterocycles. The summed E-state index contributed by atoms with van der Waals surface area (Å²) in [5.41, 5.74) is 1.62. The molecule has 1 aromatic carbocycles. The summed E-state index contributed by atoms with van der Waals surface area (Å²) in [6, 6.07) is 8.83. The SMILES string of the molecule is CCCNCc1ccc(-c2ccc([N+](=O)[O-])c(C)c2)o1. The number of nitrogens with one attached hydrogen (secondary N) is 1. The topological polar surface area (TPSA) is 68.3 Å². The highest BCUT2D eigenvalue weighted by molar-refractivity contribution is 5.62. The largest absolute Gasteiger partial charge is 0.460 e. The van der Waals surface area contributed by atoms with Crippen molar-refractivity contribution in [2.45, 2.75) is 26.8 Å². The molecule has 2 aromatic rings. The van der Waals surface area contributed by atoms with E-state index in [4.69, 9.17) is 4.42 Å². The minimum Gasteiger partial charge on any atom is -0.460 e. The van der Waals surface area contributed by atoms with Crippen LogP contribution >= 0.6 is 0 Å². The molecule has 106 valence electrons. The summed E-state index contributed by atoms with van der Waals surface area (Å²) in [5, 5.41) is 14.1. The Morgan fingerprint density at radius 2 is 2.10 bits per heavy atom. The number of rotatable bonds is 6. The molecule has 5 nitrogen and oxygen atoms in total. The Labute approximate surface area is 117 Å². The van der Waals surface area contributed by atoms with Crippen molar-refractivity contribution in [3.8, 4) is 11.3 Å². The first kappa shape index (κ1) is 14.3. The van der Waals surface area contributed by atoms with Gasteiger partial charge in [-0.2, -0.15) is 0 Å². The third-order valence-corrected chi connectivity index (χ3v) is 3.07. The van der Waals surface area contributed by atoms with Gasteiger partial charge >= 0.3 is 0 Å². The first-order valence-corrected chi connectivity index (χ1v) is 6.66. The van der Waals surface area contributed by atoms with Crippen LogP contribution in [0.15, 0.2) is 34.7 Å². The van der Waals surface area contributed by atoms with Crippen LogP contribution in [-0.4, -0.2) is 11.5 Å². The molecule has 0 aliphatic carbocycles.